The molecule has 0 saturated carbocycles. The summed E-state index contributed by atoms with van der Waals surface area (Å²) in [7, 11) is 0. The number of halogens is 1. The Morgan fingerprint density at radius 3 is 2.85 bits per heavy atom. The molecule has 2 heterocycles. The Labute approximate surface area is 119 Å². The van der Waals surface area contributed by atoms with Crippen molar-refractivity contribution in [3.8, 4) is 0 Å². The van der Waals surface area contributed by atoms with Crippen LogP contribution in [0.2, 0.25) is 0 Å². The fourth-order valence-electron chi connectivity index (χ4n) is 3.26. The lowest BCUT2D eigenvalue weighted by Gasteiger charge is -2.31. The Hall–Kier alpha value is -1.42. The molecule has 2 aliphatic heterocycles. The molecule has 1 aromatic rings. The molecule has 1 saturated heterocycles. The van der Waals surface area contributed by atoms with E-state index >= 15 is 0 Å². The van der Waals surface area contributed by atoms with Crippen LogP contribution in [-0.2, 0) is 11.2 Å². The molecule has 0 radical (unpaired) electrons. The van der Waals surface area contributed by atoms with Crippen LogP contribution < -0.4 is 10.2 Å². The summed E-state index contributed by atoms with van der Waals surface area (Å²) in [6.45, 7) is 2.93. The third-order valence-corrected chi connectivity index (χ3v) is 4.46. The number of piperidine rings is 1. The van der Waals surface area contributed by atoms with Crippen LogP contribution >= 0.6 is 0 Å². The molecule has 0 spiro atoms. The van der Waals surface area contributed by atoms with E-state index in [4.69, 9.17) is 0 Å². The van der Waals surface area contributed by atoms with Gasteiger partial charge in [-0.1, -0.05) is 0 Å². The first-order chi connectivity index (χ1) is 9.74. The monoisotopic (exact) mass is 276 g/mol. The largest absolute Gasteiger partial charge is 0.317 e. The number of carbonyl (C=O) groups excluding carboxylic acids is 1. The second-order valence-electron chi connectivity index (χ2n) is 5.80. The van der Waals surface area contributed by atoms with Crippen LogP contribution in [0, 0.1) is 11.7 Å². The summed E-state index contributed by atoms with van der Waals surface area (Å²) in [6, 6.07) is 4.78. The van der Waals surface area contributed by atoms with Crippen molar-refractivity contribution in [3.63, 3.8) is 0 Å². The Balaban J connectivity index is 1.70. The number of aryl methyl sites for hydroxylation is 1. The van der Waals surface area contributed by atoms with Gasteiger partial charge in [-0.05, 0) is 68.5 Å². The normalized spacial score (nSPS) is 20.1. The third kappa shape index (κ3) is 2.85. The van der Waals surface area contributed by atoms with Crippen LogP contribution in [0.4, 0.5) is 10.1 Å². The van der Waals surface area contributed by atoms with Gasteiger partial charge >= 0.3 is 0 Å². The molecule has 3 nitrogen and oxygen atoms in total. The van der Waals surface area contributed by atoms with E-state index in [0.717, 1.165) is 37.3 Å². The number of nitrogens with one attached hydrogen (secondary N) is 1. The molecule has 0 bridgehead atoms. The molecule has 0 unspecified atom stereocenters. The summed E-state index contributed by atoms with van der Waals surface area (Å²) in [5.74, 6) is 0.671. The highest BCUT2D eigenvalue weighted by Gasteiger charge is 2.25. The average molecular weight is 276 g/mol. The van der Waals surface area contributed by atoms with E-state index < -0.39 is 0 Å². The zero-order chi connectivity index (χ0) is 13.9. The molecule has 4 heteroatoms. The average Bonchev–Trinajstić information content (AvgIpc) is 2.47. The second-order valence-corrected chi connectivity index (χ2v) is 5.80. The van der Waals surface area contributed by atoms with Crippen molar-refractivity contribution in [3.05, 3.63) is 29.6 Å². The molecule has 20 heavy (non-hydrogen) atoms. The minimum atomic E-state index is -0.212. The lowest BCUT2D eigenvalue weighted by molar-refractivity contribution is -0.118. The van der Waals surface area contributed by atoms with Crippen molar-refractivity contribution in [2.75, 3.05) is 24.5 Å². The summed E-state index contributed by atoms with van der Waals surface area (Å²) in [6.07, 6.45) is 4.60. The SMILES string of the molecule is O=C1CCc2cc(F)ccc2N1CCC1CCNCC1. The van der Waals surface area contributed by atoms with Gasteiger partial charge in [-0.15, -0.1) is 0 Å². The quantitative estimate of drug-likeness (QED) is 0.920. The fourth-order valence-corrected chi connectivity index (χ4v) is 3.26. The van der Waals surface area contributed by atoms with E-state index in [1.54, 1.807) is 12.1 Å². The summed E-state index contributed by atoms with van der Waals surface area (Å²) >= 11 is 0. The first-order valence-corrected chi connectivity index (χ1v) is 7.53. The van der Waals surface area contributed by atoms with E-state index in [0.29, 0.717) is 18.8 Å². The highest BCUT2D eigenvalue weighted by Crippen LogP contribution is 2.29. The summed E-state index contributed by atoms with van der Waals surface area (Å²) in [5.41, 5.74) is 1.88. The lowest BCUT2D eigenvalue weighted by atomic mass is 9.93. The smallest absolute Gasteiger partial charge is 0.227 e. The van der Waals surface area contributed by atoms with E-state index in [2.05, 4.69) is 5.32 Å². The van der Waals surface area contributed by atoms with Crippen molar-refractivity contribution >= 4 is 11.6 Å². The van der Waals surface area contributed by atoms with Gasteiger partial charge in [0.25, 0.3) is 0 Å². The van der Waals surface area contributed by atoms with E-state index in [9.17, 15) is 9.18 Å². The Kier molecular flexibility index (Phi) is 4.01. The van der Waals surface area contributed by atoms with Crippen LogP contribution in [0.1, 0.15) is 31.2 Å². The van der Waals surface area contributed by atoms with Gasteiger partial charge in [0.15, 0.2) is 0 Å². The third-order valence-electron chi connectivity index (χ3n) is 4.46. The van der Waals surface area contributed by atoms with Crippen molar-refractivity contribution in [1.82, 2.24) is 5.32 Å². The summed E-state index contributed by atoms with van der Waals surface area (Å²) in [5, 5.41) is 3.36. The van der Waals surface area contributed by atoms with Gasteiger partial charge in [0.1, 0.15) is 5.82 Å². The number of fused-ring (bicyclic) bond motifs is 1. The van der Waals surface area contributed by atoms with Gasteiger partial charge in [-0.25, -0.2) is 4.39 Å². The first-order valence-electron chi connectivity index (χ1n) is 7.53. The molecule has 0 atom stereocenters. The van der Waals surface area contributed by atoms with E-state index in [-0.39, 0.29) is 11.7 Å². The molecule has 1 aromatic carbocycles. The molecule has 2 aliphatic rings. The topological polar surface area (TPSA) is 32.3 Å². The summed E-state index contributed by atoms with van der Waals surface area (Å²) in [4.78, 5) is 14.0. The van der Waals surface area contributed by atoms with Crippen molar-refractivity contribution in [2.24, 2.45) is 5.92 Å². The molecule has 1 amide bonds. The zero-order valence-corrected chi connectivity index (χ0v) is 11.7. The molecule has 0 aliphatic carbocycles. The molecule has 1 fully saturated rings. The molecule has 3 rings (SSSR count). The number of hydrogen-bond acceptors (Lipinski definition) is 2. The van der Waals surface area contributed by atoms with Crippen LogP contribution in [0.3, 0.4) is 0 Å². The van der Waals surface area contributed by atoms with Crippen LogP contribution in [0.15, 0.2) is 18.2 Å². The van der Waals surface area contributed by atoms with Crippen LogP contribution in [0.25, 0.3) is 0 Å². The molecular formula is C16H21FN2O. The van der Waals surface area contributed by atoms with Crippen LogP contribution in [0.5, 0.6) is 0 Å². The van der Waals surface area contributed by atoms with Gasteiger partial charge in [-0.3, -0.25) is 4.79 Å². The van der Waals surface area contributed by atoms with Crippen molar-refractivity contribution in [2.45, 2.75) is 32.1 Å². The van der Waals surface area contributed by atoms with Crippen molar-refractivity contribution in [1.29, 1.82) is 0 Å². The molecule has 108 valence electrons. The molecule has 1 N–H and O–H groups in total. The fraction of sp³-hybridized carbons (Fsp3) is 0.562. The number of hydrogen-bond donors (Lipinski definition) is 1. The second kappa shape index (κ2) is 5.92. The van der Waals surface area contributed by atoms with Gasteiger partial charge in [0.2, 0.25) is 5.91 Å². The van der Waals surface area contributed by atoms with E-state index in [1.165, 1.54) is 18.9 Å². The molecular weight excluding hydrogens is 255 g/mol. The van der Waals surface area contributed by atoms with E-state index in [1.807, 2.05) is 4.90 Å². The van der Waals surface area contributed by atoms with Gasteiger partial charge in [0, 0.05) is 18.7 Å². The standard InChI is InChI=1S/C16H21FN2O/c17-14-2-3-15-13(11-14)1-4-16(20)19(15)10-7-12-5-8-18-9-6-12/h2-3,11-12,18H,1,4-10H2. The highest BCUT2D eigenvalue weighted by molar-refractivity contribution is 5.96. The number of benzene rings is 1. The van der Waals surface area contributed by atoms with Gasteiger partial charge in [0.05, 0.1) is 0 Å². The van der Waals surface area contributed by atoms with Gasteiger partial charge < -0.3 is 10.2 Å². The number of nitrogens with zero attached hydrogens (tertiary/aromatic N) is 1. The first kappa shape index (κ1) is 13.6. The zero-order valence-electron chi connectivity index (χ0n) is 11.7. The maximum atomic E-state index is 13.3. The summed E-state index contributed by atoms with van der Waals surface area (Å²) < 4.78 is 13.3. The highest BCUT2D eigenvalue weighted by atomic mass is 19.1. The Bertz CT molecular complexity index is 497. The van der Waals surface area contributed by atoms with Crippen molar-refractivity contribution < 1.29 is 9.18 Å². The minimum Gasteiger partial charge on any atom is -0.317 e. The predicted octanol–water partition coefficient (Wildman–Crippen LogP) is 2.49. The number of amides is 1. The Morgan fingerprint density at radius 1 is 1.25 bits per heavy atom. The number of anilines is 1. The van der Waals surface area contributed by atoms with Gasteiger partial charge in [-0.2, -0.15) is 0 Å². The lowest BCUT2D eigenvalue weighted by Crippen LogP contribution is -2.37. The molecule has 0 aromatic heterocycles. The number of carbonyl (C=O) groups is 1. The maximum absolute atomic E-state index is 13.3. The Morgan fingerprint density at radius 2 is 2.05 bits per heavy atom. The predicted molar refractivity (Wildman–Crippen MR) is 77.3 cm³/mol. The van der Waals surface area contributed by atoms with Crippen LogP contribution in [-0.4, -0.2) is 25.5 Å². The number of rotatable bonds is 3. The maximum Gasteiger partial charge on any atom is 0.227 e. The minimum absolute atomic E-state index is 0.179.